The lowest BCUT2D eigenvalue weighted by molar-refractivity contribution is 0.122. The average Bonchev–Trinajstić information content (AvgIpc) is 2.26. The first-order valence-corrected chi connectivity index (χ1v) is 6.53. The molecule has 0 saturated carbocycles. The summed E-state index contributed by atoms with van der Waals surface area (Å²) >= 11 is 0. The lowest BCUT2D eigenvalue weighted by atomic mass is 10.2. The molecule has 0 aliphatic heterocycles. The van der Waals surface area contributed by atoms with E-state index in [0.29, 0.717) is 0 Å². The van der Waals surface area contributed by atoms with Crippen molar-refractivity contribution in [2.24, 2.45) is 0 Å². The van der Waals surface area contributed by atoms with Crippen molar-refractivity contribution in [3.8, 4) is 0 Å². The van der Waals surface area contributed by atoms with E-state index in [1.54, 1.807) is 32.2 Å². The van der Waals surface area contributed by atoms with Crippen LogP contribution in [-0.2, 0) is 14.8 Å². The van der Waals surface area contributed by atoms with Crippen LogP contribution in [0, 0.1) is 6.92 Å². The van der Waals surface area contributed by atoms with Crippen molar-refractivity contribution in [2.45, 2.75) is 24.8 Å². The first-order valence-electron chi connectivity index (χ1n) is 5.05. The number of benzene rings is 1. The van der Waals surface area contributed by atoms with E-state index in [-0.39, 0.29) is 17.5 Å². The highest BCUT2D eigenvalue weighted by atomic mass is 32.2. The molecule has 16 heavy (non-hydrogen) atoms. The Morgan fingerprint density at radius 2 is 2.12 bits per heavy atom. The minimum Gasteiger partial charge on any atom is -0.380 e. The second-order valence-corrected chi connectivity index (χ2v) is 5.48. The fourth-order valence-corrected chi connectivity index (χ4v) is 2.40. The molecule has 1 unspecified atom stereocenters. The maximum atomic E-state index is 11.8. The summed E-state index contributed by atoms with van der Waals surface area (Å²) in [4.78, 5) is 0.288. The molecule has 0 aliphatic carbocycles. The first kappa shape index (κ1) is 13.2. The molecule has 0 bridgehead atoms. The number of methoxy groups -OCH3 is 1. The molecule has 0 spiro atoms. The fourth-order valence-electron chi connectivity index (χ4n) is 1.18. The second kappa shape index (κ2) is 5.43. The van der Waals surface area contributed by atoms with Gasteiger partial charge in [0.05, 0.1) is 11.0 Å². The molecule has 0 aliphatic rings. The lowest BCUT2D eigenvalue weighted by Crippen LogP contribution is -2.31. The van der Waals surface area contributed by atoms with Crippen LogP contribution in [-0.4, -0.2) is 28.2 Å². The van der Waals surface area contributed by atoms with Crippen molar-refractivity contribution in [1.82, 2.24) is 4.72 Å². The molecule has 1 rings (SSSR count). The van der Waals surface area contributed by atoms with Crippen LogP contribution in [0.1, 0.15) is 12.5 Å². The Morgan fingerprint density at radius 3 is 2.69 bits per heavy atom. The van der Waals surface area contributed by atoms with Gasteiger partial charge in [-0.2, -0.15) is 0 Å². The van der Waals surface area contributed by atoms with E-state index in [9.17, 15) is 8.42 Å². The van der Waals surface area contributed by atoms with E-state index < -0.39 is 10.0 Å². The Morgan fingerprint density at radius 1 is 1.44 bits per heavy atom. The summed E-state index contributed by atoms with van der Waals surface area (Å²) < 4.78 is 31.2. The highest BCUT2D eigenvalue weighted by Crippen LogP contribution is 2.10. The molecule has 0 fully saturated rings. The number of nitrogens with one attached hydrogen (secondary N) is 1. The summed E-state index contributed by atoms with van der Waals surface area (Å²) in [6.07, 6.45) is -0.139. The predicted molar refractivity (Wildman–Crippen MR) is 62.8 cm³/mol. The van der Waals surface area contributed by atoms with Crippen LogP contribution in [0.2, 0.25) is 0 Å². The standard InChI is InChI=1S/C11H17NO3S/c1-9-5-4-6-11(7-9)16(13,14)12-8-10(2)15-3/h4-7,10,12H,8H2,1-3H3. The molecule has 0 aromatic heterocycles. The Labute approximate surface area is 96.7 Å². The third-order valence-corrected chi connectivity index (χ3v) is 3.68. The first-order chi connectivity index (χ1) is 7.45. The zero-order valence-electron chi connectivity index (χ0n) is 9.73. The van der Waals surface area contributed by atoms with Gasteiger partial charge in [0, 0.05) is 13.7 Å². The van der Waals surface area contributed by atoms with E-state index >= 15 is 0 Å². The predicted octanol–water partition coefficient (Wildman–Crippen LogP) is 1.31. The fraction of sp³-hybridized carbons (Fsp3) is 0.455. The van der Waals surface area contributed by atoms with Gasteiger partial charge in [0.25, 0.3) is 0 Å². The molecular formula is C11H17NO3S. The van der Waals surface area contributed by atoms with Gasteiger partial charge >= 0.3 is 0 Å². The van der Waals surface area contributed by atoms with Crippen molar-refractivity contribution in [1.29, 1.82) is 0 Å². The maximum Gasteiger partial charge on any atom is 0.240 e. The van der Waals surface area contributed by atoms with Crippen LogP contribution in [0.3, 0.4) is 0 Å². The highest BCUT2D eigenvalue weighted by molar-refractivity contribution is 7.89. The van der Waals surface area contributed by atoms with Crippen molar-refractivity contribution < 1.29 is 13.2 Å². The van der Waals surface area contributed by atoms with E-state index in [2.05, 4.69) is 4.72 Å². The smallest absolute Gasteiger partial charge is 0.240 e. The van der Waals surface area contributed by atoms with Crippen LogP contribution in [0.25, 0.3) is 0 Å². The molecule has 5 heteroatoms. The Bertz CT molecular complexity index is 442. The lowest BCUT2D eigenvalue weighted by Gasteiger charge is -2.11. The molecule has 1 N–H and O–H groups in total. The minimum absolute atomic E-state index is 0.139. The summed E-state index contributed by atoms with van der Waals surface area (Å²) in [5, 5.41) is 0. The molecule has 0 radical (unpaired) electrons. The van der Waals surface area contributed by atoms with Crippen molar-refractivity contribution >= 4 is 10.0 Å². The van der Waals surface area contributed by atoms with E-state index in [4.69, 9.17) is 4.74 Å². The summed E-state index contributed by atoms with van der Waals surface area (Å²) in [7, 11) is -1.87. The largest absolute Gasteiger partial charge is 0.380 e. The summed E-state index contributed by atoms with van der Waals surface area (Å²) in [5.74, 6) is 0. The summed E-state index contributed by atoms with van der Waals surface area (Å²) in [6, 6.07) is 6.80. The van der Waals surface area contributed by atoms with E-state index in [1.165, 1.54) is 0 Å². The third kappa shape index (κ3) is 3.59. The Kier molecular flexibility index (Phi) is 4.46. The van der Waals surface area contributed by atoms with Gasteiger partial charge in [-0.25, -0.2) is 13.1 Å². The quantitative estimate of drug-likeness (QED) is 0.848. The number of rotatable bonds is 5. The van der Waals surface area contributed by atoms with E-state index in [1.807, 2.05) is 13.0 Å². The van der Waals surface area contributed by atoms with Crippen LogP contribution in [0.5, 0.6) is 0 Å². The number of ether oxygens (including phenoxy) is 1. The van der Waals surface area contributed by atoms with Crippen molar-refractivity contribution in [2.75, 3.05) is 13.7 Å². The van der Waals surface area contributed by atoms with Gasteiger partial charge in [-0.15, -0.1) is 0 Å². The zero-order chi connectivity index (χ0) is 12.2. The number of aryl methyl sites for hydroxylation is 1. The normalized spacial score (nSPS) is 13.7. The molecule has 0 heterocycles. The highest BCUT2D eigenvalue weighted by Gasteiger charge is 2.14. The molecule has 0 amide bonds. The molecule has 1 aromatic carbocycles. The zero-order valence-corrected chi connectivity index (χ0v) is 10.5. The number of hydrogen-bond acceptors (Lipinski definition) is 3. The maximum absolute atomic E-state index is 11.8. The van der Waals surface area contributed by atoms with Crippen LogP contribution >= 0.6 is 0 Å². The molecule has 1 atom stereocenters. The SMILES string of the molecule is COC(C)CNS(=O)(=O)c1cccc(C)c1. The van der Waals surface area contributed by atoms with Gasteiger partial charge in [0.2, 0.25) is 10.0 Å². The molecule has 4 nitrogen and oxygen atoms in total. The van der Waals surface area contributed by atoms with Crippen LogP contribution < -0.4 is 4.72 Å². The second-order valence-electron chi connectivity index (χ2n) is 3.71. The molecule has 90 valence electrons. The van der Waals surface area contributed by atoms with E-state index in [0.717, 1.165) is 5.56 Å². The molecular weight excluding hydrogens is 226 g/mol. The molecule has 1 aromatic rings. The summed E-state index contributed by atoms with van der Waals surface area (Å²) in [5.41, 5.74) is 0.919. The number of sulfonamides is 1. The van der Waals surface area contributed by atoms with Gasteiger partial charge in [-0.3, -0.25) is 0 Å². The Hall–Kier alpha value is -0.910. The summed E-state index contributed by atoms with van der Waals surface area (Å²) in [6.45, 7) is 3.93. The van der Waals surface area contributed by atoms with Gasteiger partial charge in [0.15, 0.2) is 0 Å². The van der Waals surface area contributed by atoms with Crippen LogP contribution in [0.4, 0.5) is 0 Å². The minimum atomic E-state index is -3.42. The van der Waals surface area contributed by atoms with Gasteiger partial charge in [0.1, 0.15) is 0 Å². The third-order valence-electron chi connectivity index (χ3n) is 2.26. The van der Waals surface area contributed by atoms with Crippen LogP contribution in [0.15, 0.2) is 29.2 Å². The number of hydrogen-bond donors (Lipinski definition) is 1. The molecule has 0 saturated heterocycles. The monoisotopic (exact) mass is 243 g/mol. The van der Waals surface area contributed by atoms with Gasteiger partial charge in [-0.05, 0) is 31.5 Å². The topological polar surface area (TPSA) is 55.4 Å². The van der Waals surface area contributed by atoms with Gasteiger partial charge in [-0.1, -0.05) is 12.1 Å². The van der Waals surface area contributed by atoms with Crippen molar-refractivity contribution in [3.05, 3.63) is 29.8 Å². The Balaban J connectivity index is 2.78. The van der Waals surface area contributed by atoms with Crippen molar-refractivity contribution in [3.63, 3.8) is 0 Å². The average molecular weight is 243 g/mol. The van der Waals surface area contributed by atoms with Gasteiger partial charge < -0.3 is 4.74 Å².